The summed E-state index contributed by atoms with van der Waals surface area (Å²) in [5.74, 6) is 0.900. The van der Waals surface area contributed by atoms with Crippen LogP contribution in [0.4, 0.5) is 5.82 Å². The summed E-state index contributed by atoms with van der Waals surface area (Å²) in [7, 11) is 1.71. The van der Waals surface area contributed by atoms with Crippen LogP contribution in [0.5, 0.6) is 5.75 Å². The van der Waals surface area contributed by atoms with Gasteiger partial charge < -0.3 is 15.0 Å². The number of methoxy groups -OCH3 is 1. The molecule has 3 aliphatic heterocycles. The van der Waals surface area contributed by atoms with Gasteiger partial charge in [-0.3, -0.25) is 24.1 Å². The monoisotopic (exact) mass is 557 g/mol. The number of amides is 3. The van der Waals surface area contributed by atoms with Crippen molar-refractivity contribution in [3.63, 3.8) is 0 Å². The van der Waals surface area contributed by atoms with Crippen LogP contribution >= 0.6 is 11.3 Å². The number of anilines is 1. The summed E-state index contributed by atoms with van der Waals surface area (Å²) in [6.07, 6.45) is 1.47. The number of thiazole rings is 1. The summed E-state index contributed by atoms with van der Waals surface area (Å²) >= 11 is 1.64. The number of hydrogen-bond acceptors (Lipinski definition) is 7. The third kappa shape index (κ3) is 3.65. The Morgan fingerprint density at radius 1 is 1.10 bits per heavy atom. The maximum absolute atomic E-state index is 13.3. The van der Waals surface area contributed by atoms with Crippen LogP contribution in [0.25, 0.3) is 26.4 Å². The minimum absolute atomic E-state index is 0.118. The van der Waals surface area contributed by atoms with Crippen molar-refractivity contribution in [1.29, 1.82) is 0 Å². The highest BCUT2D eigenvalue weighted by Crippen LogP contribution is 2.47. The second kappa shape index (κ2) is 8.30. The van der Waals surface area contributed by atoms with Crippen molar-refractivity contribution >= 4 is 50.1 Å². The molecule has 2 N–H and O–H groups in total. The molecule has 2 aromatic heterocycles. The topological polar surface area (TPSA) is 105 Å². The molecule has 0 spiro atoms. The zero-order chi connectivity index (χ0) is 28.1. The first-order valence-corrected chi connectivity index (χ1v) is 14.4. The molecule has 10 heteroatoms. The summed E-state index contributed by atoms with van der Waals surface area (Å²) in [4.78, 5) is 45.0. The first-order valence-electron chi connectivity index (χ1n) is 13.6. The lowest BCUT2D eigenvalue weighted by atomic mass is 9.74. The highest BCUT2D eigenvalue weighted by Gasteiger charge is 2.40. The van der Waals surface area contributed by atoms with Crippen molar-refractivity contribution in [1.82, 2.24) is 19.6 Å². The molecule has 0 radical (unpaired) electrons. The first-order chi connectivity index (χ1) is 19.0. The predicted molar refractivity (Wildman–Crippen MR) is 154 cm³/mol. The molecule has 7 rings (SSSR count). The summed E-state index contributed by atoms with van der Waals surface area (Å²) in [6.45, 7) is 9.31. The maximum atomic E-state index is 13.3. The molecule has 206 valence electrons. The van der Waals surface area contributed by atoms with Gasteiger partial charge in [0, 0.05) is 29.6 Å². The van der Waals surface area contributed by atoms with Gasteiger partial charge in [-0.05, 0) is 67.5 Å². The number of nitrogens with one attached hydrogen (secondary N) is 2. The molecule has 0 bridgehead atoms. The van der Waals surface area contributed by atoms with Gasteiger partial charge in [0.1, 0.15) is 23.3 Å². The third-order valence-electron chi connectivity index (χ3n) is 8.42. The van der Waals surface area contributed by atoms with Gasteiger partial charge in [-0.15, -0.1) is 0 Å². The smallest absolute Gasteiger partial charge is 0.255 e. The lowest BCUT2D eigenvalue weighted by molar-refractivity contribution is -0.136. The number of carbonyl (C=O) groups excluding carboxylic acids is 3. The summed E-state index contributed by atoms with van der Waals surface area (Å²) in [5.41, 5.74) is 5.21. The molecule has 4 aromatic rings. The normalized spacial score (nSPS) is 21.4. The molecule has 1 fully saturated rings. The van der Waals surface area contributed by atoms with Crippen LogP contribution in [-0.4, -0.2) is 50.7 Å². The number of fused-ring (bicyclic) bond motifs is 1. The van der Waals surface area contributed by atoms with Crippen LogP contribution in [0.2, 0.25) is 0 Å². The van der Waals surface area contributed by atoms with Crippen molar-refractivity contribution in [2.45, 2.75) is 70.5 Å². The molecule has 0 saturated carbocycles. The number of carbonyl (C=O) groups is 3. The molecule has 1 unspecified atom stereocenters. The Morgan fingerprint density at radius 2 is 1.90 bits per heavy atom. The van der Waals surface area contributed by atoms with Gasteiger partial charge in [-0.2, -0.15) is 0 Å². The third-order valence-corrected chi connectivity index (χ3v) is 9.41. The van der Waals surface area contributed by atoms with Gasteiger partial charge in [0.05, 0.1) is 17.3 Å². The fourth-order valence-electron chi connectivity index (χ4n) is 6.90. The van der Waals surface area contributed by atoms with Crippen LogP contribution in [-0.2, 0) is 21.5 Å². The van der Waals surface area contributed by atoms with Crippen LogP contribution in [0, 0.1) is 0 Å². The Hall–Kier alpha value is -3.92. The second-order valence-corrected chi connectivity index (χ2v) is 13.4. The van der Waals surface area contributed by atoms with E-state index >= 15 is 0 Å². The number of rotatable bonds is 3. The molecule has 3 amide bonds. The number of nitrogens with zero attached hydrogens (tertiary/aromatic N) is 3. The quantitative estimate of drug-likeness (QED) is 0.349. The van der Waals surface area contributed by atoms with E-state index in [0.717, 1.165) is 50.0 Å². The lowest BCUT2D eigenvalue weighted by Crippen LogP contribution is -2.52. The van der Waals surface area contributed by atoms with Crippen molar-refractivity contribution in [3.8, 4) is 17.0 Å². The van der Waals surface area contributed by atoms with E-state index in [4.69, 9.17) is 9.72 Å². The number of hydrogen-bond donors (Lipinski definition) is 2. The highest BCUT2D eigenvalue weighted by atomic mass is 32.1. The van der Waals surface area contributed by atoms with Gasteiger partial charge in [-0.1, -0.05) is 31.3 Å². The van der Waals surface area contributed by atoms with Crippen molar-refractivity contribution in [2.24, 2.45) is 0 Å². The minimum Gasteiger partial charge on any atom is -0.497 e. The van der Waals surface area contributed by atoms with Crippen molar-refractivity contribution in [3.05, 3.63) is 47.0 Å². The Bertz CT molecular complexity index is 1780. The van der Waals surface area contributed by atoms with Crippen LogP contribution < -0.4 is 15.4 Å². The van der Waals surface area contributed by atoms with E-state index in [1.165, 1.54) is 5.56 Å². The Kier molecular flexibility index (Phi) is 5.20. The standard InChI is InChI=1S/C30H31N5O4S/c1-29(2)14-30(3,4)33-25-23(32-28-35(25)24-19(29)11-17(39-5)12-21(24)40-28)15-6-7-18-16(10-15)13-34(27(18)38)20-8-9-22(36)31-26(20)37/h6-7,10-12,20,33H,8-9,13-14H2,1-5H3,(H,31,36,37). The SMILES string of the molecule is COc1cc2c3c(c1)sc1nc(-c4ccc5c(c4)CN(C4CCC(=O)NC4=O)C5=O)c(n13)NC(C)(C)CC2(C)C. The Labute approximate surface area is 235 Å². The molecule has 40 heavy (non-hydrogen) atoms. The van der Waals surface area contributed by atoms with Crippen LogP contribution in [0.1, 0.15) is 68.4 Å². The van der Waals surface area contributed by atoms with E-state index in [1.807, 2.05) is 18.2 Å². The molecule has 3 aliphatic rings. The Balaban J connectivity index is 1.36. The highest BCUT2D eigenvalue weighted by molar-refractivity contribution is 7.23. The molecular weight excluding hydrogens is 526 g/mol. The fourth-order valence-corrected chi connectivity index (χ4v) is 7.98. The molecule has 9 nitrogen and oxygen atoms in total. The fraction of sp³-hybridized carbons (Fsp3) is 0.400. The molecule has 0 aliphatic carbocycles. The number of imide groups is 1. The van der Waals surface area contributed by atoms with Crippen LogP contribution in [0.15, 0.2) is 30.3 Å². The zero-order valence-electron chi connectivity index (χ0n) is 23.2. The van der Waals surface area contributed by atoms with Crippen molar-refractivity contribution < 1.29 is 19.1 Å². The number of aromatic nitrogens is 2. The average Bonchev–Trinajstić information content (AvgIpc) is 3.51. The number of imidazole rings is 1. The first kappa shape index (κ1) is 25.1. The summed E-state index contributed by atoms with van der Waals surface area (Å²) < 4.78 is 9.03. The summed E-state index contributed by atoms with van der Waals surface area (Å²) in [6, 6.07) is 9.40. The van der Waals surface area contributed by atoms with E-state index in [0.29, 0.717) is 18.5 Å². The van der Waals surface area contributed by atoms with Crippen molar-refractivity contribution in [2.75, 3.05) is 12.4 Å². The maximum Gasteiger partial charge on any atom is 0.255 e. The van der Waals surface area contributed by atoms with Gasteiger partial charge in [0.15, 0.2) is 4.96 Å². The van der Waals surface area contributed by atoms with Gasteiger partial charge in [0.25, 0.3) is 5.91 Å². The average molecular weight is 558 g/mol. The van der Waals surface area contributed by atoms with Crippen LogP contribution in [0.3, 0.4) is 0 Å². The number of ether oxygens (including phenoxy) is 1. The van der Waals surface area contributed by atoms with Gasteiger partial charge in [-0.25, -0.2) is 4.98 Å². The molecular formula is C30H31N5O4S. The van der Waals surface area contributed by atoms with Gasteiger partial charge in [0.2, 0.25) is 11.8 Å². The molecule has 5 heterocycles. The molecule has 1 atom stereocenters. The summed E-state index contributed by atoms with van der Waals surface area (Å²) in [5, 5.41) is 6.20. The number of piperidine rings is 1. The molecule has 2 aromatic carbocycles. The second-order valence-electron chi connectivity index (χ2n) is 12.4. The van der Waals surface area contributed by atoms with E-state index < -0.39 is 11.9 Å². The largest absolute Gasteiger partial charge is 0.497 e. The van der Waals surface area contributed by atoms with E-state index in [2.05, 4.69) is 54.9 Å². The van der Waals surface area contributed by atoms with E-state index in [-0.39, 0.29) is 29.2 Å². The Morgan fingerprint density at radius 3 is 2.65 bits per heavy atom. The van der Waals surface area contributed by atoms with E-state index in [1.54, 1.807) is 23.3 Å². The number of benzene rings is 2. The lowest BCUT2D eigenvalue weighted by Gasteiger charge is -2.39. The minimum atomic E-state index is -0.639. The van der Waals surface area contributed by atoms with Gasteiger partial charge >= 0.3 is 0 Å². The van der Waals surface area contributed by atoms with E-state index in [9.17, 15) is 14.4 Å². The zero-order valence-corrected chi connectivity index (χ0v) is 24.0. The predicted octanol–water partition coefficient (Wildman–Crippen LogP) is 4.86. The molecule has 1 saturated heterocycles.